The third kappa shape index (κ3) is 12.4. The maximum atomic E-state index is 17.5. The van der Waals surface area contributed by atoms with Crippen molar-refractivity contribution >= 4 is 137 Å². The van der Waals surface area contributed by atoms with Crippen molar-refractivity contribution in [3.8, 4) is 66.8 Å². The Morgan fingerprint density at radius 2 is 0.607 bits per heavy atom. The van der Waals surface area contributed by atoms with E-state index in [0.29, 0.717) is 5.30 Å². The molecule has 0 N–H and O–H groups in total. The van der Waals surface area contributed by atoms with Gasteiger partial charge in [0, 0.05) is 66.4 Å². The molecule has 0 fully saturated rings. The second kappa shape index (κ2) is 30.1. The molecule has 0 saturated heterocycles. The summed E-state index contributed by atoms with van der Waals surface area (Å²) in [4.78, 5) is 4.79. The molecule has 582 valence electrons. The van der Waals surface area contributed by atoms with Crippen molar-refractivity contribution in [2.45, 2.75) is 19.3 Å². The number of benzene rings is 18. The summed E-state index contributed by atoms with van der Waals surface area (Å²) in [7, 11) is -7.39. The molecule has 1 aromatic heterocycles. The fourth-order valence-corrected chi connectivity index (χ4v) is 25.8. The van der Waals surface area contributed by atoms with Crippen LogP contribution >= 0.6 is 26.2 Å². The fraction of sp³-hybridized carbons (Fsp3) is 0.0270. The van der Waals surface area contributed by atoms with Gasteiger partial charge in [0.2, 0.25) is 0 Å². The summed E-state index contributed by atoms with van der Waals surface area (Å²) in [6.45, 7) is 4.70. The summed E-state index contributed by atoms with van der Waals surface area (Å²) >= 11 is 1.81. The lowest BCUT2D eigenvalue weighted by Crippen LogP contribution is -2.26. The Morgan fingerprint density at radius 3 is 1.13 bits per heavy atom. The quantitative estimate of drug-likeness (QED) is 0.0836. The molecule has 8 nitrogen and oxygen atoms in total. The minimum atomic E-state index is -3.80. The van der Waals surface area contributed by atoms with Crippen molar-refractivity contribution in [2.75, 3.05) is 28.5 Å². The number of fused-ring (bicyclic) bond motifs is 8. The van der Waals surface area contributed by atoms with Crippen molar-refractivity contribution in [1.29, 1.82) is 0 Å². The predicted octanol–water partition coefficient (Wildman–Crippen LogP) is 31.3. The SMILES string of the molecule is CC1(C)c2ccccc2-c2ccc(N(c3ccc(-c4ccc5c(c4)N(c4ccccc4)P(=O)(c4ccccc4)N5c4ccccc4)cc3)c3cccc4c3sc3ccc(-c5cccc(N6c7cc(-c8ccc(N(c9cccc(-c%10ccccc%10)c9)c9cccc(-c%10ccccc%10)c9)cc8)ccc7N(c7ccccc7)P6(=O)c6ccccc6)c5)cc34)cc21. The maximum absolute atomic E-state index is 17.5. The average molecular weight is 1620 g/mol. The lowest BCUT2D eigenvalue weighted by Gasteiger charge is -2.33. The van der Waals surface area contributed by atoms with Crippen LogP contribution < -0.4 is 39.1 Å². The molecule has 0 amide bonds. The van der Waals surface area contributed by atoms with Crippen LogP contribution in [0.1, 0.15) is 25.0 Å². The number of thiophene rings is 1. The van der Waals surface area contributed by atoms with Gasteiger partial charge in [-0.25, -0.2) is 0 Å². The zero-order chi connectivity index (χ0) is 81.6. The highest BCUT2D eigenvalue weighted by Gasteiger charge is 2.51. The third-order valence-electron chi connectivity index (χ3n) is 24.4. The van der Waals surface area contributed by atoms with Crippen molar-refractivity contribution in [1.82, 2.24) is 0 Å². The van der Waals surface area contributed by atoms with E-state index in [1.54, 1.807) is 0 Å². The van der Waals surface area contributed by atoms with Crippen LogP contribution in [-0.4, -0.2) is 0 Å². The van der Waals surface area contributed by atoms with Gasteiger partial charge < -0.3 is 9.80 Å². The van der Waals surface area contributed by atoms with E-state index >= 15 is 9.13 Å². The Hall–Kier alpha value is -14.6. The number of hydrogen-bond donors (Lipinski definition) is 0. The first-order valence-electron chi connectivity index (χ1n) is 41.4. The van der Waals surface area contributed by atoms with Crippen molar-refractivity contribution < 1.29 is 9.13 Å². The first-order valence-corrected chi connectivity index (χ1v) is 45.4. The highest BCUT2D eigenvalue weighted by Crippen LogP contribution is 2.72. The maximum Gasteiger partial charge on any atom is 0.301 e. The molecule has 18 aromatic carbocycles. The smallest absolute Gasteiger partial charge is 0.301 e. The van der Waals surface area contributed by atoms with Gasteiger partial charge in [0.05, 0.1) is 49.4 Å². The number of rotatable bonds is 17. The van der Waals surface area contributed by atoms with Gasteiger partial charge >= 0.3 is 14.9 Å². The summed E-state index contributed by atoms with van der Waals surface area (Å²) in [5, 5.41) is 3.76. The lowest BCUT2D eigenvalue weighted by atomic mass is 9.82. The van der Waals surface area contributed by atoms with Gasteiger partial charge in [-0.3, -0.25) is 27.8 Å². The van der Waals surface area contributed by atoms with Gasteiger partial charge in [0.1, 0.15) is 0 Å². The molecule has 0 bridgehead atoms. The normalized spacial score (nSPS) is 15.4. The first-order chi connectivity index (χ1) is 60.0. The molecule has 0 spiro atoms. The molecule has 2 atom stereocenters. The molecule has 2 unspecified atom stereocenters. The minimum Gasteiger partial charge on any atom is -0.310 e. The molecule has 122 heavy (non-hydrogen) atoms. The van der Waals surface area contributed by atoms with Crippen LogP contribution in [0.3, 0.4) is 0 Å². The second-order valence-electron chi connectivity index (χ2n) is 31.9. The van der Waals surface area contributed by atoms with Crippen LogP contribution in [0.15, 0.2) is 449 Å². The van der Waals surface area contributed by atoms with Crippen LogP contribution in [0.4, 0.5) is 79.6 Å². The second-order valence-corrected chi connectivity index (χ2v) is 37.8. The monoisotopic (exact) mass is 1620 g/mol. The molecule has 0 saturated carbocycles. The van der Waals surface area contributed by atoms with Gasteiger partial charge in [0.15, 0.2) is 0 Å². The number of para-hydroxylation sites is 3. The van der Waals surface area contributed by atoms with Crippen molar-refractivity contribution in [2.24, 2.45) is 0 Å². The average Bonchev–Trinajstić information content (AvgIpc) is 1.55. The summed E-state index contributed by atoms with van der Waals surface area (Å²) in [5.74, 6) is 0. The van der Waals surface area contributed by atoms with E-state index in [0.717, 1.165) is 156 Å². The Morgan fingerprint density at radius 1 is 0.246 bits per heavy atom. The predicted molar refractivity (Wildman–Crippen MR) is 515 cm³/mol. The molecule has 3 aliphatic rings. The van der Waals surface area contributed by atoms with Gasteiger partial charge in [-0.05, 0) is 254 Å². The van der Waals surface area contributed by atoms with Crippen molar-refractivity contribution in [3.63, 3.8) is 0 Å². The van der Waals surface area contributed by atoms with E-state index in [1.165, 1.54) is 27.0 Å². The summed E-state index contributed by atoms with van der Waals surface area (Å²) in [6.07, 6.45) is 0. The highest BCUT2D eigenvalue weighted by atomic mass is 32.1. The van der Waals surface area contributed by atoms with Crippen LogP contribution in [-0.2, 0) is 14.5 Å². The zero-order valence-corrected chi connectivity index (χ0v) is 69.6. The molecule has 22 rings (SSSR count). The summed E-state index contributed by atoms with van der Waals surface area (Å²) in [6, 6.07) is 158. The van der Waals surface area contributed by atoms with Crippen LogP contribution in [0, 0.1) is 0 Å². The van der Waals surface area contributed by atoms with Gasteiger partial charge in [0.25, 0.3) is 0 Å². The topological polar surface area (TPSA) is 53.6 Å². The van der Waals surface area contributed by atoms with Gasteiger partial charge in [-0.2, -0.15) is 0 Å². The Bertz CT molecular complexity index is 7240. The molecular weight excluding hydrogens is 1540 g/mol. The molecule has 3 heterocycles. The van der Waals surface area contributed by atoms with E-state index in [4.69, 9.17) is 0 Å². The minimum absolute atomic E-state index is 0.245. The molecule has 11 heteroatoms. The van der Waals surface area contributed by atoms with Crippen molar-refractivity contribution in [3.05, 3.63) is 460 Å². The van der Waals surface area contributed by atoms with E-state index in [1.807, 2.05) is 139 Å². The third-order valence-corrected chi connectivity index (χ3v) is 31.5. The van der Waals surface area contributed by atoms with E-state index in [9.17, 15) is 0 Å². The van der Waals surface area contributed by atoms with Crippen LogP contribution in [0.2, 0.25) is 0 Å². The van der Waals surface area contributed by atoms with E-state index < -0.39 is 14.9 Å². The zero-order valence-electron chi connectivity index (χ0n) is 67.0. The number of hydrogen-bond acceptors (Lipinski definition) is 5. The number of anilines is 14. The Balaban J connectivity index is 0.642. The Labute approximate surface area is 715 Å². The number of nitrogens with zero attached hydrogens (tertiary/aromatic N) is 6. The molecule has 2 aliphatic heterocycles. The largest absolute Gasteiger partial charge is 0.310 e. The highest BCUT2D eigenvalue weighted by molar-refractivity contribution is 7.76. The summed E-state index contributed by atoms with van der Waals surface area (Å²) < 4.78 is 44.7. The molecular formula is C111H80N6O2P2S. The fourth-order valence-electron chi connectivity index (χ4n) is 18.6. The molecule has 0 radical (unpaired) electrons. The van der Waals surface area contributed by atoms with Crippen LogP contribution in [0.25, 0.3) is 86.9 Å². The standard InChI is InChI=1S/C111H80N6O2P2S/c1-111(2)102-52-25-24-50-98(102)99-66-65-94(76-103(99)111)113(88-63-56-80(57-64-88)85-58-67-104-107(74-85)116(91-41-18-7-19-42-91)120(118,96-46-20-8-21-47-96)114(104)89-37-14-5-15-38-89)106-53-29-51-100-101-73-84(60-69-109(101)122-110(100)106)83-36-28-45-95(72-83)117-108-75-86(59-68-105(108)115(90-39-16-6-17-40-90)121(117,119)97-48-22-9-23-49-97)79-54-61-87(62-55-79)112(92-43-26-34-81(70-92)77-30-10-3-11-31-77)93-44-27-35-82(71-93)78-32-12-4-13-33-78/h3-76H,1-2H3. The summed E-state index contributed by atoms with van der Waals surface area (Å²) in [5.41, 5.74) is 28.6. The first kappa shape index (κ1) is 73.8. The lowest BCUT2D eigenvalue weighted by molar-refractivity contribution is 0.581. The van der Waals surface area contributed by atoms with E-state index in [-0.39, 0.29) is 5.41 Å². The molecule has 19 aromatic rings. The molecule has 1 aliphatic carbocycles. The van der Waals surface area contributed by atoms with E-state index in [2.05, 4.69) is 364 Å². The van der Waals surface area contributed by atoms with Crippen LogP contribution in [0.5, 0.6) is 0 Å². The van der Waals surface area contributed by atoms with Gasteiger partial charge in [-0.15, -0.1) is 11.3 Å². The Kier molecular flexibility index (Phi) is 18.2. The van der Waals surface area contributed by atoms with Gasteiger partial charge in [-0.1, -0.05) is 287 Å².